The van der Waals surface area contributed by atoms with E-state index in [2.05, 4.69) is 10.1 Å². The van der Waals surface area contributed by atoms with Gasteiger partial charge in [-0.1, -0.05) is 30.6 Å². The molecule has 112 valence electrons. The van der Waals surface area contributed by atoms with Gasteiger partial charge >= 0.3 is 5.69 Å². The SMILES string of the molecule is NNc1sc(S(=O)(=O)NCCC2CCC2)cc1[N+](=O)[O-]. The summed E-state index contributed by atoms with van der Waals surface area (Å²) in [5.41, 5.74) is 1.81. The van der Waals surface area contributed by atoms with Crippen LogP contribution in [-0.2, 0) is 10.0 Å². The van der Waals surface area contributed by atoms with Crippen molar-refractivity contribution in [1.29, 1.82) is 0 Å². The molecule has 1 aliphatic rings. The number of hydrogen-bond acceptors (Lipinski definition) is 7. The molecule has 10 heteroatoms. The van der Waals surface area contributed by atoms with Gasteiger partial charge in [0, 0.05) is 12.6 Å². The van der Waals surface area contributed by atoms with Gasteiger partial charge in [0.1, 0.15) is 4.21 Å². The van der Waals surface area contributed by atoms with Crippen molar-refractivity contribution >= 4 is 32.0 Å². The highest BCUT2D eigenvalue weighted by Crippen LogP contribution is 2.36. The summed E-state index contributed by atoms with van der Waals surface area (Å²) in [6, 6.07) is 1.02. The summed E-state index contributed by atoms with van der Waals surface area (Å²) in [7, 11) is -3.72. The van der Waals surface area contributed by atoms with Gasteiger partial charge in [-0.25, -0.2) is 19.0 Å². The molecular formula is C10H16N4O4S2. The molecule has 1 aliphatic carbocycles. The van der Waals surface area contributed by atoms with Gasteiger partial charge in [0.25, 0.3) is 0 Å². The molecule has 0 atom stereocenters. The Labute approximate surface area is 120 Å². The van der Waals surface area contributed by atoms with Gasteiger partial charge in [-0.05, 0) is 12.3 Å². The average Bonchev–Trinajstić information content (AvgIpc) is 2.77. The topological polar surface area (TPSA) is 127 Å². The average molecular weight is 320 g/mol. The van der Waals surface area contributed by atoms with Crippen LogP contribution >= 0.6 is 11.3 Å². The lowest BCUT2D eigenvalue weighted by Gasteiger charge is -2.24. The molecular weight excluding hydrogens is 304 g/mol. The maximum Gasteiger partial charge on any atom is 0.306 e. The van der Waals surface area contributed by atoms with E-state index in [1.165, 1.54) is 6.42 Å². The predicted molar refractivity (Wildman–Crippen MR) is 75.9 cm³/mol. The number of hydrogen-bond donors (Lipinski definition) is 3. The van der Waals surface area contributed by atoms with Gasteiger partial charge in [-0.15, -0.1) is 0 Å². The third-order valence-corrected chi connectivity index (χ3v) is 6.34. The first-order chi connectivity index (χ1) is 9.44. The van der Waals surface area contributed by atoms with Crippen LogP contribution in [-0.4, -0.2) is 19.9 Å². The molecule has 1 heterocycles. The minimum absolute atomic E-state index is 0.0226. The molecule has 8 nitrogen and oxygen atoms in total. The van der Waals surface area contributed by atoms with Gasteiger partial charge in [0.05, 0.1) is 4.92 Å². The minimum Gasteiger partial charge on any atom is -0.310 e. The molecule has 0 amide bonds. The van der Waals surface area contributed by atoms with Crippen LogP contribution in [0.4, 0.5) is 10.7 Å². The van der Waals surface area contributed by atoms with E-state index in [-0.39, 0.29) is 14.9 Å². The highest BCUT2D eigenvalue weighted by Gasteiger charge is 2.26. The fourth-order valence-electron chi connectivity index (χ4n) is 1.98. The lowest BCUT2D eigenvalue weighted by Crippen LogP contribution is -2.27. The van der Waals surface area contributed by atoms with Crippen molar-refractivity contribution < 1.29 is 13.3 Å². The van der Waals surface area contributed by atoms with Crippen LogP contribution in [0.3, 0.4) is 0 Å². The van der Waals surface area contributed by atoms with E-state index in [9.17, 15) is 18.5 Å². The number of nitrogens with one attached hydrogen (secondary N) is 2. The number of nitrogens with zero attached hydrogens (tertiary/aromatic N) is 1. The molecule has 1 saturated carbocycles. The van der Waals surface area contributed by atoms with Crippen LogP contribution in [0.2, 0.25) is 0 Å². The van der Waals surface area contributed by atoms with Crippen LogP contribution in [0.15, 0.2) is 10.3 Å². The quantitative estimate of drug-likeness (QED) is 0.396. The second-order valence-electron chi connectivity index (χ2n) is 4.66. The summed E-state index contributed by atoms with van der Waals surface area (Å²) in [5.74, 6) is 5.75. The van der Waals surface area contributed by atoms with Gasteiger partial charge in [-0.2, -0.15) is 0 Å². The van der Waals surface area contributed by atoms with E-state index < -0.39 is 14.9 Å². The van der Waals surface area contributed by atoms with Crippen molar-refractivity contribution in [3.05, 3.63) is 16.2 Å². The number of nitrogen functional groups attached to an aromatic ring is 1. The van der Waals surface area contributed by atoms with Crippen molar-refractivity contribution in [1.82, 2.24) is 4.72 Å². The fraction of sp³-hybridized carbons (Fsp3) is 0.600. The first-order valence-corrected chi connectivity index (χ1v) is 8.48. The van der Waals surface area contributed by atoms with Crippen molar-refractivity contribution in [2.45, 2.75) is 29.9 Å². The number of sulfonamides is 1. The first-order valence-electron chi connectivity index (χ1n) is 6.18. The summed E-state index contributed by atoms with van der Waals surface area (Å²) < 4.78 is 26.4. The first kappa shape index (κ1) is 15.2. The lowest BCUT2D eigenvalue weighted by atomic mass is 9.83. The van der Waals surface area contributed by atoms with E-state index >= 15 is 0 Å². The molecule has 0 aromatic carbocycles. The summed E-state index contributed by atoms with van der Waals surface area (Å²) in [5, 5.41) is 10.8. The van der Waals surface area contributed by atoms with Crippen LogP contribution < -0.4 is 16.0 Å². The molecule has 1 aromatic rings. The molecule has 4 N–H and O–H groups in total. The van der Waals surface area contributed by atoms with E-state index in [4.69, 9.17) is 5.84 Å². The van der Waals surface area contributed by atoms with E-state index in [0.29, 0.717) is 12.5 Å². The van der Waals surface area contributed by atoms with Gasteiger partial charge in [0.15, 0.2) is 5.00 Å². The maximum atomic E-state index is 12.0. The summed E-state index contributed by atoms with van der Waals surface area (Å²) in [6.45, 7) is 0.351. The second kappa shape index (κ2) is 6.04. The van der Waals surface area contributed by atoms with E-state index in [1.54, 1.807) is 0 Å². The van der Waals surface area contributed by atoms with Crippen LogP contribution in [0, 0.1) is 16.0 Å². The van der Waals surface area contributed by atoms with Crippen molar-refractivity contribution in [3.63, 3.8) is 0 Å². The molecule has 0 unspecified atom stereocenters. The van der Waals surface area contributed by atoms with Crippen molar-refractivity contribution in [2.24, 2.45) is 11.8 Å². The Balaban J connectivity index is 2.06. The van der Waals surface area contributed by atoms with Gasteiger partial charge in [0.2, 0.25) is 10.0 Å². The van der Waals surface area contributed by atoms with Crippen LogP contribution in [0.25, 0.3) is 0 Å². The number of thiophene rings is 1. The van der Waals surface area contributed by atoms with Crippen molar-refractivity contribution in [3.8, 4) is 0 Å². The largest absolute Gasteiger partial charge is 0.310 e. The van der Waals surface area contributed by atoms with Gasteiger partial charge < -0.3 is 5.43 Å². The Bertz CT molecular complexity index is 594. The molecule has 0 bridgehead atoms. The van der Waals surface area contributed by atoms with Crippen LogP contribution in [0.5, 0.6) is 0 Å². The molecule has 1 aromatic heterocycles. The summed E-state index contributed by atoms with van der Waals surface area (Å²) in [6.07, 6.45) is 4.30. The third kappa shape index (κ3) is 3.26. The normalized spacial score (nSPS) is 15.8. The smallest absolute Gasteiger partial charge is 0.306 e. The van der Waals surface area contributed by atoms with E-state index in [0.717, 1.165) is 36.7 Å². The number of nitrogens with two attached hydrogens (primary N) is 1. The number of rotatable bonds is 7. The number of hydrazine groups is 1. The zero-order valence-electron chi connectivity index (χ0n) is 10.7. The molecule has 0 spiro atoms. The summed E-state index contributed by atoms with van der Waals surface area (Å²) >= 11 is 0.745. The minimum atomic E-state index is -3.72. The highest BCUT2D eigenvalue weighted by molar-refractivity contribution is 7.91. The Morgan fingerprint density at radius 2 is 2.20 bits per heavy atom. The molecule has 0 aliphatic heterocycles. The Morgan fingerprint density at radius 1 is 1.50 bits per heavy atom. The number of anilines is 1. The molecule has 20 heavy (non-hydrogen) atoms. The third-order valence-electron chi connectivity index (χ3n) is 3.35. The number of nitro groups is 1. The predicted octanol–water partition coefficient (Wildman–Crippen LogP) is 1.41. The zero-order valence-corrected chi connectivity index (χ0v) is 12.3. The molecule has 1 fully saturated rings. The standard InChI is InChI=1S/C10H16N4O4S2/c11-13-10-8(14(15)16)6-9(19-10)20(17,18)12-5-4-7-2-1-3-7/h6-7,12-13H,1-5,11H2. The zero-order chi connectivity index (χ0) is 14.8. The lowest BCUT2D eigenvalue weighted by molar-refractivity contribution is -0.383. The molecule has 2 rings (SSSR count). The Hall–Kier alpha value is -1.23. The molecule has 0 radical (unpaired) electrons. The highest BCUT2D eigenvalue weighted by atomic mass is 32.2. The fourth-order valence-corrected chi connectivity index (χ4v) is 4.31. The van der Waals surface area contributed by atoms with Gasteiger partial charge in [-0.3, -0.25) is 10.1 Å². The Kier molecular flexibility index (Phi) is 4.58. The van der Waals surface area contributed by atoms with Crippen molar-refractivity contribution in [2.75, 3.05) is 12.0 Å². The summed E-state index contributed by atoms with van der Waals surface area (Å²) in [4.78, 5) is 10.1. The molecule has 0 saturated heterocycles. The van der Waals surface area contributed by atoms with E-state index in [1.807, 2.05) is 0 Å². The Morgan fingerprint density at radius 3 is 2.65 bits per heavy atom. The maximum absolute atomic E-state index is 12.0. The monoisotopic (exact) mass is 320 g/mol. The second-order valence-corrected chi connectivity index (χ2v) is 7.71. The van der Waals surface area contributed by atoms with Crippen LogP contribution in [0.1, 0.15) is 25.7 Å².